The van der Waals surface area contributed by atoms with Crippen LogP contribution in [0.25, 0.3) is 17.0 Å². The Morgan fingerprint density at radius 1 is 1.32 bits per heavy atom. The molecule has 0 aliphatic rings. The van der Waals surface area contributed by atoms with Crippen molar-refractivity contribution in [3.8, 4) is 0 Å². The summed E-state index contributed by atoms with van der Waals surface area (Å²) < 4.78 is 2.03. The molecule has 7 nitrogen and oxygen atoms in total. The van der Waals surface area contributed by atoms with Gasteiger partial charge in [-0.2, -0.15) is 0 Å². The number of nitrogens with zero attached hydrogens (tertiary/aromatic N) is 2. The molecule has 0 spiro atoms. The first-order valence-corrected chi connectivity index (χ1v) is 7.78. The number of aromatic nitrogens is 3. The van der Waals surface area contributed by atoms with Gasteiger partial charge in [0, 0.05) is 41.7 Å². The Morgan fingerprint density at radius 2 is 2.08 bits per heavy atom. The molecule has 0 unspecified atom stereocenters. The standard InChI is InChI=1S/C15H18N4O.C3H4N2/c1-2-19-13-6-4-3-5-11(13)12(15(19)18)8-7-10(16)9-14(17)20;1-2-5-3-4-1/h3-9H,2,16,18H2,1H3,(H2,17,20);1-3H,(H,4,5)/b8-7-,10-9+;. The van der Waals surface area contributed by atoms with Gasteiger partial charge in [0.15, 0.2) is 0 Å². The van der Waals surface area contributed by atoms with Crippen molar-refractivity contribution < 1.29 is 4.79 Å². The number of carbonyl (C=O) groups excluding carboxylic acids is 1. The van der Waals surface area contributed by atoms with E-state index in [4.69, 9.17) is 17.2 Å². The van der Waals surface area contributed by atoms with Crippen LogP contribution >= 0.6 is 0 Å². The number of imidazole rings is 1. The molecule has 25 heavy (non-hydrogen) atoms. The van der Waals surface area contributed by atoms with E-state index in [0.29, 0.717) is 11.5 Å². The molecule has 0 bridgehead atoms. The lowest BCUT2D eigenvalue weighted by atomic mass is 10.1. The van der Waals surface area contributed by atoms with Gasteiger partial charge in [-0.1, -0.05) is 18.2 Å². The third-order valence-electron chi connectivity index (χ3n) is 3.53. The number of aromatic amines is 1. The number of H-pyrrole nitrogens is 1. The third kappa shape index (κ3) is 4.51. The Kier molecular flexibility index (Phi) is 6.00. The second-order valence-corrected chi connectivity index (χ2v) is 5.20. The fourth-order valence-corrected chi connectivity index (χ4v) is 2.47. The first-order valence-electron chi connectivity index (χ1n) is 7.78. The van der Waals surface area contributed by atoms with E-state index < -0.39 is 5.91 Å². The minimum absolute atomic E-state index is 0.297. The van der Waals surface area contributed by atoms with Crippen molar-refractivity contribution in [3.05, 3.63) is 66.4 Å². The SMILES string of the molecule is CCn1c(N)c(/C=C\C(N)=C/C(N)=O)c2ccccc21.c1c[nH]cn1. The number of allylic oxidation sites excluding steroid dienone is 1. The first-order chi connectivity index (χ1) is 12.0. The normalized spacial score (nSPS) is 11.5. The predicted octanol–water partition coefficient (Wildman–Crippen LogP) is 1.99. The zero-order valence-corrected chi connectivity index (χ0v) is 14.0. The van der Waals surface area contributed by atoms with Crippen molar-refractivity contribution in [1.82, 2.24) is 14.5 Å². The molecular formula is C18H22N6O. The van der Waals surface area contributed by atoms with Gasteiger partial charge in [0.2, 0.25) is 5.91 Å². The highest BCUT2D eigenvalue weighted by molar-refractivity contribution is 5.95. The van der Waals surface area contributed by atoms with E-state index in [1.807, 2.05) is 35.8 Å². The van der Waals surface area contributed by atoms with Crippen molar-refractivity contribution in [2.24, 2.45) is 11.5 Å². The predicted molar refractivity (Wildman–Crippen MR) is 101 cm³/mol. The number of primary amides is 1. The van der Waals surface area contributed by atoms with Crippen LogP contribution in [0.15, 0.2) is 60.8 Å². The molecule has 0 radical (unpaired) electrons. The highest BCUT2D eigenvalue weighted by Crippen LogP contribution is 2.29. The van der Waals surface area contributed by atoms with Gasteiger partial charge in [-0.3, -0.25) is 4.79 Å². The van der Waals surface area contributed by atoms with E-state index >= 15 is 0 Å². The molecule has 0 saturated carbocycles. The van der Waals surface area contributed by atoms with Crippen molar-refractivity contribution in [1.29, 1.82) is 0 Å². The van der Waals surface area contributed by atoms with Crippen LogP contribution < -0.4 is 17.2 Å². The Bertz CT molecular complexity index is 873. The van der Waals surface area contributed by atoms with Crippen LogP contribution in [0.2, 0.25) is 0 Å². The number of hydrogen-bond acceptors (Lipinski definition) is 4. The maximum Gasteiger partial charge on any atom is 0.243 e. The van der Waals surface area contributed by atoms with E-state index in [0.717, 1.165) is 23.0 Å². The van der Waals surface area contributed by atoms with E-state index in [-0.39, 0.29) is 0 Å². The fraction of sp³-hybridized carbons (Fsp3) is 0.111. The topological polar surface area (TPSA) is 129 Å². The Hall–Kier alpha value is -3.48. The number of fused-ring (bicyclic) bond motifs is 1. The number of para-hydroxylation sites is 1. The number of rotatable bonds is 4. The smallest absolute Gasteiger partial charge is 0.243 e. The van der Waals surface area contributed by atoms with Crippen LogP contribution in [-0.2, 0) is 11.3 Å². The van der Waals surface area contributed by atoms with Crippen molar-refractivity contribution in [2.45, 2.75) is 13.5 Å². The van der Waals surface area contributed by atoms with E-state index in [9.17, 15) is 4.79 Å². The summed E-state index contributed by atoms with van der Waals surface area (Å²) in [6.07, 6.45) is 9.69. The molecule has 130 valence electrons. The van der Waals surface area contributed by atoms with E-state index in [2.05, 4.69) is 9.97 Å². The number of carbonyl (C=O) groups is 1. The summed E-state index contributed by atoms with van der Waals surface area (Å²) in [7, 11) is 0. The highest BCUT2D eigenvalue weighted by atomic mass is 16.1. The van der Waals surface area contributed by atoms with Gasteiger partial charge in [-0.05, 0) is 25.1 Å². The summed E-state index contributed by atoms with van der Waals surface area (Å²) in [5, 5.41) is 1.05. The first kappa shape index (κ1) is 17.9. The average Bonchev–Trinajstić information content (AvgIpc) is 3.22. The molecular weight excluding hydrogens is 316 g/mol. The summed E-state index contributed by atoms with van der Waals surface area (Å²) in [5.74, 6) is 0.105. The molecule has 7 N–H and O–H groups in total. The fourth-order valence-electron chi connectivity index (χ4n) is 2.47. The second kappa shape index (κ2) is 8.39. The van der Waals surface area contributed by atoms with Crippen molar-refractivity contribution in [2.75, 3.05) is 5.73 Å². The van der Waals surface area contributed by atoms with Gasteiger partial charge in [0.25, 0.3) is 0 Å². The molecule has 0 aliphatic carbocycles. The van der Waals surface area contributed by atoms with Crippen LogP contribution in [0.4, 0.5) is 5.82 Å². The van der Waals surface area contributed by atoms with Gasteiger partial charge >= 0.3 is 0 Å². The zero-order valence-electron chi connectivity index (χ0n) is 14.0. The molecule has 1 aromatic carbocycles. The van der Waals surface area contributed by atoms with Gasteiger partial charge in [-0.25, -0.2) is 4.98 Å². The summed E-state index contributed by atoms with van der Waals surface area (Å²) in [4.78, 5) is 17.2. The largest absolute Gasteiger partial charge is 0.399 e. The minimum atomic E-state index is -0.573. The van der Waals surface area contributed by atoms with Crippen LogP contribution in [0, 0.1) is 0 Å². The second-order valence-electron chi connectivity index (χ2n) is 5.20. The highest BCUT2D eigenvalue weighted by Gasteiger charge is 2.10. The quantitative estimate of drug-likeness (QED) is 0.428. The number of amides is 1. The summed E-state index contributed by atoms with van der Waals surface area (Å²) >= 11 is 0. The molecule has 0 atom stereocenters. The number of aryl methyl sites for hydroxylation is 1. The Balaban J connectivity index is 0.000000386. The maximum absolute atomic E-state index is 10.8. The molecule has 2 aromatic heterocycles. The van der Waals surface area contributed by atoms with Crippen LogP contribution in [0.1, 0.15) is 12.5 Å². The maximum atomic E-state index is 10.8. The van der Waals surface area contributed by atoms with Crippen molar-refractivity contribution in [3.63, 3.8) is 0 Å². The van der Waals surface area contributed by atoms with Crippen LogP contribution in [0.5, 0.6) is 0 Å². The van der Waals surface area contributed by atoms with Gasteiger partial charge in [0.05, 0.1) is 11.8 Å². The molecule has 3 rings (SSSR count). The van der Waals surface area contributed by atoms with E-state index in [1.54, 1.807) is 30.9 Å². The van der Waals surface area contributed by atoms with Crippen molar-refractivity contribution >= 4 is 28.7 Å². The summed E-state index contributed by atoms with van der Waals surface area (Å²) in [6, 6.07) is 7.96. The molecule has 3 aromatic rings. The lowest BCUT2D eigenvalue weighted by Crippen LogP contribution is -2.09. The molecule has 0 aliphatic heterocycles. The molecule has 1 amide bonds. The molecule has 0 fully saturated rings. The number of nitrogen functional groups attached to an aromatic ring is 1. The Labute approximate surface area is 145 Å². The molecule has 0 saturated heterocycles. The monoisotopic (exact) mass is 338 g/mol. The molecule has 2 heterocycles. The molecule has 7 heteroatoms. The number of nitrogens with one attached hydrogen (secondary N) is 1. The number of nitrogens with two attached hydrogens (primary N) is 3. The number of hydrogen-bond donors (Lipinski definition) is 4. The van der Waals surface area contributed by atoms with Gasteiger partial charge < -0.3 is 26.8 Å². The van der Waals surface area contributed by atoms with Gasteiger partial charge in [-0.15, -0.1) is 0 Å². The lowest BCUT2D eigenvalue weighted by molar-refractivity contribution is -0.113. The summed E-state index contributed by atoms with van der Waals surface area (Å²) in [5.41, 5.74) is 19.2. The Morgan fingerprint density at radius 3 is 2.64 bits per heavy atom. The number of benzene rings is 1. The lowest BCUT2D eigenvalue weighted by Gasteiger charge is -2.02. The van der Waals surface area contributed by atoms with Gasteiger partial charge in [0.1, 0.15) is 5.82 Å². The van der Waals surface area contributed by atoms with Crippen LogP contribution in [-0.4, -0.2) is 20.4 Å². The third-order valence-corrected chi connectivity index (χ3v) is 3.53. The zero-order chi connectivity index (χ0) is 18.2. The van der Waals surface area contributed by atoms with E-state index in [1.165, 1.54) is 6.08 Å². The number of anilines is 1. The van der Waals surface area contributed by atoms with Crippen LogP contribution in [0.3, 0.4) is 0 Å². The summed E-state index contributed by atoms with van der Waals surface area (Å²) in [6.45, 7) is 2.82. The minimum Gasteiger partial charge on any atom is -0.399 e. The average molecular weight is 338 g/mol.